The van der Waals surface area contributed by atoms with Crippen molar-refractivity contribution in [1.29, 1.82) is 0 Å². The van der Waals surface area contributed by atoms with Crippen molar-refractivity contribution in [2.75, 3.05) is 11.4 Å². The first-order valence-electron chi connectivity index (χ1n) is 4.91. The second-order valence-electron chi connectivity index (χ2n) is 3.86. The molecule has 5 heteroatoms. The second kappa shape index (κ2) is 3.96. The summed E-state index contributed by atoms with van der Waals surface area (Å²) in [5.74, 6) is -1.94. The Bertz CT molecular complexity index is 554. The van der Waals surface area contributed by atoms with Gasteiger partial charge in [0, 0.05) is 5.03 Å². The molecule has 0 unspecified atom stereocenters. The van der Waals surface area contributed by atoms with Crippen LogP contribution in [0.25, 0.3) is 0 Å². The molecule has 0 aromatic heterocycles. The molecule has 0 atom stereocenters. The Labute approximate surface area is 102 Å². The molecule has 1 aliphatic heterocycles. The first-order valence-corrected chi connectivity index (χ1v) is 5.29. The third kappa shape index (κ3) is 1.85. The number of aryl methyl sites for hydroxylation is 1. The van der Waals surface area contributed by atoms with Crippen molar-refractivity contribution in [3.8, 4) is 0 Å². The van der Waals surface area contributed by atoms with Gasteiger partial charge in [-0.1, -0.05) is 18.2 Å². The number of hydrogen-bond acceptors (Lipinski definition) is 2. The predicted octanol–water partition coefficient (Wildman–Crippen LogP) is 2.42. The third-order valence-corrected chi connectivity index (χ3v) is 2.67. The van der Waals surface area contributed by atoms with E-state index in [2.05, 4.69) is 6.58 Å². The van der Waals surface area contributed by atoms with Gasteiger partial charge >= 0.3 is 0 Å². The fraction of sp³-hybridized carbons (Fsp3) is 0.167. The van der Waals surface area contributed by atoms with Crippen LogP contribution in [0.5, 0.6) is 0 Å². The molecule has 0 radical (unpaired) electrons. The van der Waals surface area contributed by atoms with Crippen molar-refractivity contribution < 1.29 is 14.0 Å². The predicted molar refractivity (Wildman–Crippen MR) is 62.8 cm³/mol. The highest BCUT2D eigenvalue weighted by Crippen LogP contribution is 2.33. The smallest absolute Gasteiger partial charge is 0.299 e. The molecule has 0 saturated carbocycles. The quantitative estimate of drug-likeness (QED) is 0.759. The van der Waals surface area contributed by atoms with Crippen LogP contribution in [0.1, 0.15) is 15.9 Å². The number of nitrogens with zero attached hydrogens (tertiary/aromatic N) is 1. The molecular formula is C12H9ClFNO2. The molecule has 0 saturated heterocycles. The number of anilines is 1. The van der Waals surface area contributed by atoms with Crippen molar-refractivity contribution in [2.45, 2.75) is 6.92 Å². The van der Waals surface area contributed by atoms with E-state index in [1.165, 1.54) is 11.0 Å². The third-order valence-electron chi connectivity index (χ3n) is 2.55. The second-order valence-corrected chi connectivity index (χ2v) is 4.39. The van der Waals surface area contributed by atoms with E-state index in [-0.39, 0.29) is 17.1 Å². The first-order chi connectivity index (χ1) is 7.91. The Balaban J connectivity index is 2.60. The average Bonchev–Trinajstić information content (AvgIpc) is 2.43. The normalized spacial score (nSPS) is 14.2. The molecule has 1 aromatic carbocycles. The molecule has 0 aliphatic carbocycles. The summed E-state index contributed by atoms with van der Waals surface area (Å²) in [5.41, 5.74) is 1.03. The summed E-state index contributed by atoms with van der Waals surface area (Å²) >= 11 is 5.65. The van der Waals surface area contributed by atoms with Crippen LogP contribution < -0.4 is 4.90 Å². The highest BCUT2D eigenvalue weighted by atomic mass is 35.5. The van der Waals surface area contributed by atoms with E-state index < -0.39 is 17.5 Å². The maximum Gasteiger partial charge on any atom is 0.299 e. The van der Waals surface area contributed by atoms with Gasteiger partial charge in [-0.15, -0.1) is 0 Å². The van der Waals surface area contributed by atoms with E-state index in [0.717, 1.165) is 6.07 Å². The molecule has 0 fully saturated rings. The zero-order valence-electron chi connectivity index (χ0n) is 9.09. The largest absolute Gasteiger partial charge is 0.299 e. The molecule has 0 spiro atoms. The number of Topliss-reactive ketones (excluding diaryl/α,β-unsaturated/α-hetero) is 1. The number of rotatable bonds is 2. The van der Waals surface area contributed by atoms with Gasteiger partial charge in [0.25, 0.3) is 11.7 Å². The number of carbonyl (C=O) groups excluding carboxylic acids is 2. The van der Waals surface area contributed by atoms with Gasteiger partial charge in [-0.25, -0.2) is 4.39 Å². The maximum absolute atomic E-state index is 13.2. The Hall–Kier alpha value is -1.68. The standard InChI is InChI=1S/C12H9ClFNO2/c1-6-3-8(14)4-9-10(6)15(5-7(2)13)12(17)11(9)16/h3-4H,2,5H2,1H3. The van der Waals surface area contributed by atoms with Crippen molar-refractivity contribution in [2.24, 2.45) is 0 Å². The number of ketones is 1. The summed E-state index contributed by atoms with van der Waals surface area (Å²) in [7, 11) is 0. The number of amides is 1. The summed E-state index contributed by atoms with van der Waals surface area (Å²) in [6, 6.07) is 2.34. The van der Waals surface area contributed by atoms with E-state index >= 15 is 0 Å². The summed E-state index contributed by atoms with van der Waals surface area (Å²) < 4.78 is 13.2. The molecule has 1 aliphatic rings. The van der Waals surface area contributed by atoms with Crippen molar-refractivity contribution in [3.05, 3.63) is 40.7 Å². The molecule has 1 heterocycles. The molecule has 0 bridgehead atoms. The Morgan fingerprint density at radius 2 is 2.12 bits per heavy atom. The molecule has 2 rings (SSSR count). The van der Waals surface area contributed by atoms with Crippen LogP contribution in [0.3, 0.4) is 0 Å². The lowest BCUT2D eigenvalue weighted by molar-refractivity contribution is -0.114. The molecule has 3 nitrogen and oxygen atoms in total. The SMILES string of the molecule is C=C(Cl)CN1C(=O)C(=O)c2cc(F)cc(C)c21. The number of fused-ring (bicyclic) bond motifs is 1. The molecule has 0 N–H and O–H groups in total. The lowest BCUT2D eigenvalue weighted by Gasteiger charge is -2.17. The summed E-state index contributed by atoms with van der Waals surface area (Å²) in [6.07, 6.45) is 0. The maximum atomic E-state index is 13.2. The zero-order valence-corrected chi connectivity index (χ0v) is 9.84. The van der Waals surface area contributed by atoms with Gasteiger partial charge < -0.3 is 0 Å². The topological polar surface area (TPSA) is 37.4 Å². The van der Waals surface area contributed by atoms with E-state index in [9.17, 15) is 14.0 Å². The summed E-state index contributed by atoms with van der Waals surface area (Å²) in [5, 5.41) is 0.239. The Morgan fingerprint density at radius 3 is 2.71 bits per heavy atom. The van der Waals surface area contributed by atoms with Crippen LogP contribution in [0.2, 0.25) is 0 Å². The van der Waals surface area contributed by atoms with Gasteiger partial charge in [0.1, 0.15) is 5.82 Å². The van der Waals surface area contributed by atoms with Crippen molar-refractivity contribution >= 4 is 29.0 Å². The van der Waals surface area contributed by atoms with Gasteiger partial charge in [-0.2, -0.15) is 0 Å². The lowest BCUT2D eigenvalue weighted by atomic mass is 10.1. The molecule has 1 amide bonds. The van der Waals surface area contributed by atoms with Gasteiger partial charge in [-0.05, 0) is 24.6 Å². The number of hydrogen-bond donors (Lipinski definition) is 0. The number of benzene rings is 1. The van der Waals surface area contributed by atoms with Gasteiger partial charge in [0.15, 0.2) is 0 Å². The fourth-order valence-corrected chi connectivity index (χ4v) is 2.05. The van der Waals surface area contributed by atoms with Crippen LogP contribution in [-0.4, -0.2) is 18.2 Å². The van der Waals surface area contributed by atoms with Gasteiger partial charge in [0.2, 0.25) is 0 Å². The minimum absolute atomic E-state index is 0.0472. The molecule has 1 aromatic rings. The minimum Gasteiger partial charge on any atom is -0.299 e. The average molecular weight is 254 g/mol. The monoisotopic (exact) mass is 253 g/mol. The van der Waals surface area contributed by atoms with Crippen LogP contribution >= 0.6 is 11.6 Å². The molecule has 17 heavy (non-hydrogen) atoms. The Kier molecular flexibility index (Phi) is 2.75. The van der Waals surface area contributed by atoms with E-state index in [0.29, 0.717) is 11.3 Å². The van der Waals surface area contributed by atoms with Gasteiger partial charge in [0.05, 0.1) is 17.8 Å². The van der Waals surface area contributed by atoms with E-state index in [4.69, 9.17) is 11.6 Å². The lowest BCUT2D eigenvalue weighted by Crippen LogP contribution is -2.31. The van der Waals surface area contributed by atoms with Crippen LogP contribution in [-0.2, 0) is 4.79 Å². The molecule has 88 valence electrons. The van der Waals surface area contributed by atoms with E-state index in [1.54, 1.807) is 6.92 Å². The summed E-state index contributed by atoms with van der Waals surface area (Å²) in [6.45, 7) is 5.17. The van der Waals surface area contributed by atoms with Crippen molar-refractivity contribution in [1.82, 2.24) is 0 Å². The Morgan fingerprint density at radius 1 is 1.47 bits per heavy atom. The number of halogens is 2. The van der Waals surface area contributed by atoms with Crippen LogP contribution in [0, 0.1) is 12.7 Å². The minimum atomic E-state index is -0.708. The number of carbonyl (C=O) groups is 2. The summed E-state index contributed by atoms with van der Waals surface area (Å²) in [4.78, 5) is 24.6. The van der Waals surface area contributed by atoms with Crippen LogP contribution in [0.15, 0.2) is 23.7 Å². The highest BCUT2D eigenvalue weighted by Gasteiger charge is 2.37. The highest BCUT2D eigenvalue weighted by molar-refractivity contribution is 6.52. The first kappa shape index (κ1) is 11.8. The van der Waals surface area contributed by atoms with Crippen LogP contribution in [0.4, 0.5) is 10.1 Å². The zero-order chi connectivity index (χ0) is 12.7. The van der Waals surface area contributed by atoms with E-state index in [1.807, 2.05) is 0 Å². The fourth-order valence-electron chi connectivity index (χ4n) is 1.93. The molecular weight excluding hydrogens is 245 g/mol. The van der Waals surface area contributed by atoms with Crippen molar-refractivity contribution in [3.63, 3.8) is 0 Å². The van der Waals surface area contributed by atoms with Gasteiger partial charge in [-0.3, -0.25) is 14.5 Å².